The normalized spacial score (nSPS) is 17.6. The van der Waals surface area contributed by atoms with E-state index < -0.39 is 0 Å². The zero-order valence-corrected chi connectivity index (χ0v) is 8.57. The molecule has 1 aromatic heterocycles. The first-order chi connectivity index (χ1) is 7.27. The third kappa shape index (κ3) is 1.02. The lowest BCUT2D eigenvalue weighted by Gasteiger charge is -2.06. The molecule has 3 heteroatoms. The highest BCUT2D eigenvalue weighted by atomic mass is 15.0. The molecule has 0 atom stereocenters. The summed E-state index contributed by atoms with van der Waals surface area (Å²) in [6.45, 7) is 0. The molecule has 1 aromatic carbocycles. The summed E-state index contributed by atoms with van der Waals surface area (Å²) >= 11 is 0. The number of benzene rings is 1. The van der Waals surface area contributed by atoms with Gasteiger partial charge in [0.1, 0.15) is 0 Å². The van der Waals surface area contributed by atoms with Crippen LogP contribution in [0.25, 0.3) is 11.0 Å². The number of nitriles is 1. The van der Waals surface area contributed by atoms with Gasteiger partial charge >= 0.3 is 0 Å². The van der Waals surface area contributed by atoms with Crippen LogP contribution >= 0.6 is 0 Å². The maximum absolute atomic E-state index is 9.19. The average Bonchev–Trinajstić information content (AvgIpc) is 2.98. The highest BCUT2D eigenvalue weighted by Crippen LogP contribution is 2.49. The summed E-state index contributed by atoms with van der Waals surface area (Å²) in [5.41, 5.74) is 2.95. The number of hydrogen-bond acceptors (Lipinski definition) is 2. The summed E-state index contributed by atoms with van der Waals surface area (Å²) in [7, 11) is 1.98. The molecule has 0 N–H and O–H groups in total. The van der Waals surface area contributed by atoms with Gasteiger partial charge in [-0.1, -0.05) is 12.1 Å². The van der Waals surface area contributed by atoms with Crippen LogP contribution in [-0.4, -0.2) is 9.55 Å². The van der Waals surface area contributed by atoms with Crippen molar-refractivity contribution in [2.24, 2.45) is 7.05 Å². The molecule has 0 saturated heterocycles. The van der Waals surface area contributed by atoms with Crippen LogP contribution in [0.5, 0.6) is 0 Å². The first-order valence-electron chi connectivity index (χ1n) is 5.09. The quantitative estimate of drug-likeness (QED) is 0.702. The van der Waals surface area contributed by atoms with Crippen LogP contribution in [0.1, 0.15) is 18.4 Å². The predicted octanol–water partition coefficient (Wildman–Crippen LogP) is 2.13. The molecular formula is C12H11N3. The Morgan fingerprint density at radius 3 is 2.93 bits per heavy atom. The Morgan fingerprint density at radius 1 is 1.47 bits per heavy atom. The average molecular weight is 197 g/mol. The molecule has 3 nitrogen and oxygen atoms in total. The summed E-state index contributed by atoms with van der Waals surface area (Å²) in [6, 6.07) is 8.51. The SMILES string of the molecule is Cn1cnc2c(C3(C#N)CC3)cccc21. The maximum Gasteiger partial charge on any atom is 0.0955 e. The fourth-order valence-corrected chi connectivity index (χ4v) is 2.11. The molecule has 74 valence electrons. The number of aryl methyl sites for hydroxylation is 1. The van der Waals surface area contributed by atoms with Crippen molar-refractivity contribution in [1.82, 2.24) is 9.55 Å². The van der Waals surface area contributed by atoms with Gasteiger partial charge in [-0.25, -0.2) is 4.98 Å². The number of rotatable bonds is 1. The summed E-state index contributed by atoms with van der Waals surface area (Å²) < 4.78 is 1.99. The molecular weight excluding hydrogens is 186 g/mol. The van der Waals surface area contributed by atoms with E-state index in [0.29, 0.717) is 0 Å². The van der Waals surface area contributed by atoms with Crippen LogP contribution in [0, 0.1) is 11.3 Å². The first-order valence-corrected chi connectivity index (χ1v) is 5.09. The van der Waals surface area contributed by atoms with E-state index in [2.05, 4.69) is 11.1 Å². The fraction of sp³-hybridized carbons (Fsp3) is 0.333. The summed E-state index contributed by atoms with van der Waals surface area (Å²) in [6.07, 6.45) is 3.75. The molecule has 1 heterocycles. The molecule has 0 amide bonds. The van der Waals surface area contributed by atoms with Gasteiger partial charge in [0.05, 0.1) is 28.8 Å². The van der Waals surface area contributed by atoms with Gasteiger partial charge in [-0.3, -0.25) is 0 Å². The van der Waals surface area contributed by atoms with Gasteiger partial charge in [0, 0.05) is 12.6 Å². The lowest BCUT2D eigenvalue weighted by Crippen LogP contribution is -2.03. The Morgan fingerprint density at radius 2 is 2.27 bits per heavy atom. The molecule has 0 spiro atoms. The van der Waals surface area contributed by atoms with Crippen LogP contribution in [0.4, 0.5) is 0 Å². The molecule has 0 radical (unpaired) electrons. The van der Waals surface area contributed by atoms with Gasteiger partial charge in [-0.15, -0.1) is 0 Å². The third-order valence-corrected chi connectivity index (χ3v) is 3.23. The van der Waals surface area contributed by atoms with Gasteiger partial charge < -0.3 is 4.57 Å². The van der Waals surface area contributed by atoms with Crippen LogP contribution < -0.4 is 0 Å². The highest BCUT2D eigenvalue weighted by molar-refractivity contribution is 5.81. The number of aromatic nitrogens is 2. The molecule has 1 aliphatic rings. The third-order valence-electron chi connectivity index (χ3n) is 3.23. The Hall–Kier alpha value is -1.82. The van der Waals surface area contributed by atoms with Crippen LogP contribution in [0.15, 0.2) is 24.5 Å². The lowest BCUT2D eigenvalue weighted by atomic mass is 9.96. The Balaban J connectivity index is 2.33. The van der Waals surface area contributed by atoms with E-state index in [1.54, 1.807) is 0 Å². The Kier molecular flexibility index (Phi) is 1.47. The van der Waals surface area contributed by atoms with Gasteiger partial charge in [0.25, 0.3) is 0 Å². The van der Waals surface area contributed by atoms with E-state index in [-0.39, 0.29) is 5.41 Å². The van der Waals surface area contributed by atoms with Crippen LogP contribution in [-0.2, 0) is 12.5 Å². The van der Waals surface area contributed by atoms with Gasteiger partial charge in [0.15, 0.2) is 0 Å². The summed E-state index contributed by atoms with van der Waals surface area (Å²) in [5.74, 6) is 0. The van der Waals surface area contributed by atoms with Crippen molar-refractivity contribution in [3.05, 3.63) is 30.1 Å². The van der Waals surface area contributed by atoms with Crippen molar-refractivity contribution in [2.45, 2.75) is 18.3 Å². The zero-order valence-electron chi connectivity index (χ0n) is 8.57. The number of nitrogens with zero attached hydrogens (tertiary/aromatic N) is 3. The van der Waals surface area contributed by atoms with Crippen molar-refractivity contribution >= 4 is 11.0 Å². The summed E-state index contributed by atoms with van der Waals surface area (Å²) in [4.78, 5) is 4.38. The van der Waals surface area contributed by atoms with Gasteiger partial charge in [-0.2, -0.15) is 5.26 Å². The second kappa shape index (κ2) is 2.60. The van der Waals surface area contributed by atoms with E-state index in [9.17, 15) is 5.26 Å². The largest absolute Gasteiger partial charge is 0.334 e. The fourth-order valence-electron chi connectivity index (χ4n) is 2.11. The van der Waals surface area contributed by atoms with E-state index >= 15 is 0 Å². The van der Waals surface area contributed by atoms with Gasteiger partial charge in [-0.05, 0) is 18.9 Å². The van der Waals surface area contributed by atoms with Crippen molar-refractivity contribution in [3.63, 3.8) is 0 Å². The van der Waals surface area contributed by atoms with Crippen molar-refractivity contribution < 1.29 is 0 Å². The molecule has 0 aliphatic heterocycles. The van der Waals surface area contributed by atoms with E-state index in [0.717, 1.165) is 29.4 Å². The lowest BCUT2D eigenvalue weighted by molar-refractivity contribution is 0.916. The second-order valence-electron chi connectivity index (χ2n) is 4.22. The van der Waals surface area contributed by atoms with Crippen LogP contribution in [0.2, 0.25) is 0 Å². The minimum Gasteiger partial charge on any atom is -0.334 e. The highest BCUT2D eigenvalue weighted by Gasteiger charge is 2.46. The molecule has 0 bridgehead atoms. The van der Waals surface area contributed by atoms with Gasteiger partial charge in [0.2, 0.25) is 0 Å². The van der Waals surface area contributed by atoms with Crippen molar-refractivity contribution in [1.29, 1.82) is 5.26 Å². The molecule has 3 rings (SSSR count). The van der Waals surface area contributed by atoms with E-state index in [1.807, 2.05) is 36.1 Å². The number of para-hydroxylation sites is 1. The minimum atomic E-state index is -0.242. The Bertz CT molecular complexity index is 570. The molecule has 1 saturated carbocycles. The zero-order chi connectivity index (χ0) is 10.5. The monoisotopic (exact) mass is 197 g/mol. The first kappa shape index (κ1) is 8.49. The minimum absolute atomic E-state index is 0.242. The predicted molar refractivity (Wildman–Crippen MR) is 57.2 cm³/mol. The van der Waals surface area contributed by atoms with Crippen molar-refractivity contribution in [3.8, 4) is 6.07 Å². The number of fused-ring (bicyclic) bond motifs is 1. The second-order valence-corrected chi connectivity index (χ2v) is 4.22. The molecule has 0 unspecified atom stereocenters. The smallest absolute Gasteiger partial charge is 0.0955 e. The number of hydrogen-bond donors (Lipinski definition) is 0. The molecule has 15 heavy (non-hydrogen) atoms. The molecule has 1 aliphatic carbocycles. The molecule has 1 fully saturated rings. The molecule has 2 aromatic rings. The topological polar surface area (TPSA) is 41.6 Å². The Labute approximate surface area is 88.0 Å². The van der Waals surface area contributed by atoms with E-state index in [1.165, 1.54) is 0 Å². The van der Waals surface area contributed by atoms with Crippen LogP contribution in [0.3, 0.4) is 0 Å². The summed E-state index contributed by atoms with van der Waals surface area (Å²) in [5, 5.41) is 9.19. The maximum atomic E-state index is 9.19. The van der Waals surface area contributed by atoms with E-state index in [4.69, 9.17) is 0 Å². The number of imidazole rings is 1. The van der Waals surface area contributed by atoms with Crippen molar-refractivity contribution in [2.75, 3.05) is 0 Å². The standard InChI is InChI=1S/C12H11N3/c1-15-8-14-11-9(3-2-4-10(11)15)12(7-13)5-6-12/h2-4,8H,5-6H2,1H3.